The molecule has 0 atom stereocenters. The lowest BCUT2D eigenvalue weighted by Crippen LogP contribution is -2.41. The minimum Gasteiger partial charge on any atom is -0.311 e. The van der Waals surface area contributed by atoms with Gasteiger partial charge in [0.15, 0.2) is 0 Å². The Labute approximate surface area is 120 Å². The zero-order chi connectivity index (χ0) is 13.8. The van der Waals surface area contributed by atoms with Crippen LogP contribution in [-0.2, 0) is 5.41 Å². The zero-order valence-corrected chi connectivity index (χ0v) is 11.9. The number of rotatable bonds is 5. The minimum absolute atomic E-state index is 0.0751. The predicted octanol–water partition coefficient (Wildman–Crippen LogP) is 2.71. The van der Waals surface area contributed by atoms with Crippen molar-refractivity contribution in [1.29, 1.82) is 5.26 Å². The van der Waals surface area contributed by atoms with Crippen LogP contribution in [0.3, 0.4) is 0 Å². The SMILES string of the molecule is N#CCCC1(c2cnccn2)CCC(NC2CC2)CC1. The maximum atomic E-state index is 8.94. The summed E-state index contributed by atoms with van der Waals surface area (Å²) in [6.07, 6.45) is 14.2. The minimum atomic E-state index is 0.0751. The van der Waals surface area contributed by atoms with E-state index in [1.165, 1.54) is 25.7 Å². The van der Waals surface area contributed by atoms with Crippen LogP contribution in [-0.4, -0.2) is 22.1 Å². The van der Waals surface area contributed by atoms with Gasteiger partial charge in [-0.1, -0.05) is 0 Å². The van der Waals surface area contributed by atoms with Crippen LogP contribution in [0.4, 0.5) is 0 Å². The molecule has 1 heterocycles. The van der Waals surface area contributed by atoms with Crippen molar-refractivity contribution in [3.8, 4) is 6.07 Å². The Balaban J connectivity index is 1.69. The van der Waals surface area contributed by atoms with E-state index >= 15 is 0 Å². The number of aromatic nitrogens is 2. The number of hydrogen-bond acceptors (Lipinski definition) is 4. The maximum absolute atomic E-state index is 8.94. The van der Waals surface area contributed by atoms with Gasteiger partial charge in [0.05, 0.1) is 11.8 Å². The van der Waals surface area contributed by atoms with Gasteiger partial charge in [-0.25, -0.2) is 0 Å². The van der Waals surface area contributed by atoms with Crippen molar-refractivity contribution < 1.29 is 0 Å². The number of nitrogens with one attached hydrogen (secondary N) is 1. The van der Waals surface area contributed by atoms with Gasteiger partial charge >= 0.3 is 0 Å². The molecule has 4 heteroatoms. The highest BCUT2D eigenvalue weighted by atomic mass is 15.0. The first kappa shape index (κ1) is 13.5. The third-order valence-corrected chi connectivity index (χ3v) is 4.81. The summed E-state index contributed by atoms with van der Waals surface area (Å²) >= 11 is 0. The van der Waals surface area contributed by atoms with Crippen molar-refractivity contribution in [2.45, 2.75) is 68.9 Å². The van der Waals surface area contributed by atoms with Gasteiger partial charge in [-0.05, 0) is 44.9 Å². The fraction of sp³-hybridized carbons (Fsp3) is 0.688. The molecule has 4 nitrogen and oxygen atoms in total. The fourth-order valence-electron chi connectivity index (χ4n) is 3.42. The topological polar surface area (TPSA) is 61.6 Å². The van der Waals surface area contributed by atoms with Crippen molar-refractivity contribution in [3.05, 3.63) is 24.3 Å². The molecular formula is C16H22N4. The molecular weight excluding hydrogens is 248 g/mol. The second kappa shape index (κ2) is 5.88. The van der Waals surface area contributed by atoms with Gasteiger partial charge in [-0.2, -0.15) is 5.26 Å². The van der Waals surface area contributed by atoms with Crippen molar-refractivity contribution in [2.24, 2.45) is 0 Å². The van der Waals surface area contributed by atoms with Crippen LogP contribution in [0.15, 0.2) is 18.6 Å². The fourth-order valence-corrected chi connectivity index (χ4v) is 3.42. The van der Waals surface area contributed by atoms with Gasteiger partial charge in [0.1, 0.15) is 0 Å². The first-order chi connectivity index (χ1) is 9.82. The van der Waals surface area contributed by atoms with E-state index in [2.05, 4.69) is 21.4 Å². The Kier molecular flexibility index (Phi) is 3.98. The molecule has 2 aliphatic carbocycles. The summed E-state index contributed by atoms with van der Waals surface area (Å²) < 4.78 is 0. The third-order valence-electron chi connectivity index (χ3n) is 4.81. The average molecular weight is 270 g/mol. The maximum Gasteiger partial charge on any atom is 0.0648 e. The van der Waals surface area contributed by atoms with Crippen molar-refractivity contribution in [1.82, 2.24) is 15.3 Å². The molecule has 0 unspecified atom stereocenters. The van der Waals surface area contributed by atoms with Crippen molar-refractivity contribution in [3.63, 3.8) is 0 Å². The third kappa shape index (κ3) is 2.99. The number of nitriles is 1. The summed E-state index contributed by atoms with van der Waals surface area (Å²) in [4.78, 5) is 8.76. The normalized spacial score (nSPS) is 29.9. The molecule has 1 aromatic rings. The Bertz CT molecular complexity index is 467. The van der Waals surface area contributed by atoms with Gasteiger partial charge in [-0.3, -0.25) is 9.97 Å². The van der Waals surface area contributed by atoms with Gasteiger partial charge < -0.3 is 5.32 Å². The van der Waals surface area contributed by atoms with E-state index in [1.807, 2.05) is 6.20 Å². The molecule has 0 radical (unpaired) electrons. The van der Waals surface area contributed by atoms with Gasteiger partial charge in [-0.15, -0.1) is 0 Å². The summed E-state index contributed by atoms with van der Waals surface area (Å²) in [6.45, 7) is 0. The highest BCUT2D eigenvalue weighted by molar-refractivity contribution is 5.16. The Morgan fingerprint density at radius 2 is 1.95 bits per heavy atom. The molecule has 20 heavy (non-hydrogen) atoms. The zero-order valence-electron chi connectivity index (χ0n) is 11.9. The molecule has 0 amide bonds. The highest BCUT2D eigenvalue weighted by Crippen LogP contribution is 2.42. The van der Waals surface area contributed by atoms with Gasteiger partial charge in [0.2, 0.25) is 0 Å². The Hall–Kier alpha value is -1.47. The molecule has 2 aliphatic rings. The number of nitrogens with zero attached hydrogens (tertiary/aromatic N) is 3. The molecule has 0 aliphatic heterocycles. The molecule has 0 saturated heterocycles. The van der Waals surface area contributed by atoms with E-state index < -0.39 is 0 Å². The van der Waals surface area contributed by atoms with E-state index in [-0.39, 0.29) is 5.41 Å². The predicted molar refractivity (Wildman–Crippen MR) is 77.0 cm³/mol. The number of hydrogen-bond donors (Lipinski definition) is 1. The van der Waals surface area contributed by atoms with Crippen LogP contribution in [0, 0.1) is 11.3 Å². The lowest BCUT2D eigenvalue weighted by molar-refractivity contribution is 0.227. The molecule has 3 rings (SSSR count). The van der Waals surface area contributed by atoms with E-state index in [1.54, 1.807) is 12.4 Å². The van der Waals surface area contributed by atoms with Crippen molar-refractivity contribution in [2.75, 3.05) is 0 Å². The summed E-state index contributed by atoms with van der Waals surface area (Å²) in [6, 6.07) is 3.74. The lowest BCUT2D eigenvalue weighted by atomic mass is 9.68. The van der Waals surface area contributed by atoms with Crippen LogP contribution in [0.25, 0.3) is 0 Å². The summed E-state index contributed by atoms with van der Waals surface area (Å²) in [5.41, 5.74) is 1.16. The Morgan fingerprint density at radius 1 is 1.20 bits per heavy atom. The largest absolute Gasteiger partial charge is 0.311 e. The van der Waals surface area contributed by atoms with Crippen LogP contribution in [0.1, 0.15) is 57.1 Å². The monoisotopic (exact) mass is 270 g/mol. The van der Waals surface area contributed by atoms with Crippen LogP contribution in [0.5, 0.6) is 0 Å². The molecule has 106 valence electrons. The molecule has 0 spiro atoms. The quantitative estimate of drug-likeness (QED) is 0.893. The molecule has 2 saturated carbocycles. The van der Waals surface area contributed by atoms with E-state index in [0.29, 0.717) is 12.5 Å². The molecule has 1 aromatic heterocycles. The van der Waals surface area contributed by atoms with E-state index in [9.17, 15) is 0 Å². The lowest BCUT2D eigenvalue weighted by Gasteiger charge is -2.39. The van der Waals surface area contributed by atoms with Gasteiger partial charge in [0.25, 0.3) is 0 Å². The summed E-state index contributed by atoms with van der Waals surface area (Å²) in [5.74, 6) is 0. The molecule has 0 bridgehead atoms. The second-order valence-corrected chi connectivity index (χ2v) is 6.24. The van der Waals surface area contributed by atoms with Crippen LogP contribution >= 0.6 is 0 Å². The van der Waals surface area contributed by atoms with E-state index in [0.717, 1.165) is 31.0 Å². The van der Waals surface area contributed by atoms with E-state index in [4.69, 9.17) is 5.26 Å². The Morgan fingerprint density at radius 3 is 2.55 bits per heavy atom. The molecule has 2 fully saturated rings. The smallest absolute Gasteiger partial charge is 0.0648 e. The second-order valence-electron chi connectivity index (χ2n) is 6.24. The highest BCUT2D eigenvalue weighted by Gasteiger charge is 2.38. The first-order valence-corrected chi connectivity index (χ1v) is 7.72. The van der Waals surface area contributed by atoms with Crippen LogP contribution < -0.4 is 5.32 Å². The average Bonchev–Trinajstić information content (AvgIpc) is 3.32. The van der Waals surface area contributed by atoms with Crippen LogP contribution in [0.2, 0.25) is 0 Å². The van der Waals surface area contributed by atoms with Gasteiger partial charge in [0, 0.05) is 42.5 Å². The standard InChI is InChI=1S/C16H22N4/c17-9-1-6-16(15-12-18-10-11-19-15)7-4-14(5-8-16)20-13-2-3-13/h10-14,20H,1-8H2. The summed E-state index contributed by atoms with van der Waals surface area (Å²) in [7, 11) is 0. The summed E-state index contributed by atoms with van der Waals surface area (Å²) in [5, 5.41) is 12.7. The van der Waals surface area contributed by atoms with Crippen molar-refractivity contribution >= 4 is 0 Å². The molecule has 0 aromatic carbocycles. The molecule has 1 N–H and O–H groups in total. The first-order valence-electron chi connectivity index (χ1n) is 7.72.